The summed E-state index contributed by atoms with van der Waals surface area (Å²) < 4.78 is 0. The van der Waals surface area contributed by atoms with Crippen LogP contribution in [0.4, 0.5) is 0 Å². The first kappa shape index (κ1) is 14.4. The van der Waals surface area contributed by atoms with Gasteiger partial charge in [0.2, 0.25) is 0 Å². The first-order valence-corrected chi connectivity index (χ1v) is 6.14. The zero-order valence-corrected chi connectivity index (χ0v) is 11.1. The van der Waals surface area contributed by atoms with Crippen LogP contribution in [0.25, 0.3) is 0 Å². The van der Waals surface area contributed by atoms with Crippen molar-refractivity contribution in [2.24, 2.45) is 16.3 Å². The quantitative estimate of drug-likeness (QED) is 0.226. The van der Waals surface area contributed by atoms with Gasteiger partial charge in [-0.1, -0.05) is 25.1 Å². The molecule has 0 bridgehead atoms. The van der Waals surface area contributed by atoms with Crippen molar-refractivity contribution in [3.05, 3.63) is 30.1 Å². The highest BCUT2D eigenvalue weighted by Gasteiger charge is 2.22. The summed E-state index contributed by atoms with van der Waals surface area (Å²) >= 11 is 0. The Morgan fingerprint density at radius 3 is 2.94 bits per heavy atom. The summed E-state index contributed by atoms with van der Waals surface area (Å²) in [7, 11) is 0. The van der Waals surface area contributed by atoms with E-state index < -0.39 is 0 Å². The lowest BCUT2D eigenvalue weighted by Gasteiger charge is -2.22. The number of nitrogens with two attached hydrogens (primary N) is 1. The molecule has 0 aliphatic heterocycles. The van der Waals surface area contributed by atoms with Crippen LogP contribution in [0.5, 0.6) is 0 Å². The molecule has 1 rings (SSSR count). The van der Waals surface area contributed by atoms with E-state index in [-0.39, 0.29) is 11.3 Å². The second kappa shape index (κ2) is 6.96. The molecule has 1 aromatic rings. The number of pyridine rings is 1. The summed E-state index contributed by atoms with van der Waals surface area (Å²) in [5.41, 5.74) is 6.54. The third-order valence-corrected chi connectivity index (χ3v) is 3.01. The molecule has 5 heteroatoms. The lowest BCUT2D eigenvalue weighted by molar-refractivity contribution is 0.304. The fraction of sp³-hybridized carbons (Fsp3) is 0.538. The van der Waals surface area contributed by atoms with Crippen LogP contribution >= 0.6 is 0 Å². The molecule has 0 aromatic carbocycles. The van der Waals surface area contributed by atoms with Crippen molar-refractivity contribution >= 4 is 5.84 Å². The number of hydrogen-bond donors (Lipinski definition) is 3. The summed E-state index contributed by atoms with van der Waals surface area (Å²) in [5, 5.41) is 15.1. The Kier molecular flexibility index (Phi) is 5.58. The summed E-state index contributed by atoms with van der Waals surface area (Å²) in [4.78, 5) is 4.06. The van der Waals surface area contributed by atoms with E-state index in [4.69, 9.17) is 10.9 Å². The molecule has 0 saturated carbocycles. The number of aromatic nitrogens is 1. The monoisotopic (exact) mass is 250 g/mol. The Morgan fingerprint density at radius 2 is 2.33 bits per heavy atom. The molecule has 0 aliphatic rings. The average molecular weight is 250 g/mol. The molecule has 0 fully saturated rings. The van der Waals surface area contributed by atoms with E-state index >= 15 is 0 Å². The van der Waals surface area contributed by atoms with Gasteiger partial charge in [-0.05, 0) is 31.0 Å². The van der Waals surface area contributed by atoms with Gasteiger partial charge >= 0.3 is 0 Å². The number of nitrogens with zero attached hydrogens (tertiary/aromatic N) is 2. The first-order chi connectivity index (χ1) is 8.56. The van der Waals surface area contributed by atoms with Crippen LogP contribution in [-0.4, -0.2) is 22.6 Å². The third-order valence-electron chi connectivity index (χ3n) is 3.01. The van der Waals surface area contributed by atoms with E-state index in [1.54, 1.807) is 6.20 Å². The maximum absolute atomic E-state index is 8.66. The third kappa shape index (κ3) is 4.71. The van der Waals surface area contributed by atoms with E-state index in [1.807, 2.05) is 32.2 Å². The standard InChI is InChI=1S/C13H22N4O/c1-13(2,12(14)17-18)6-4-8-16-10-11-5-3-7-15-9-11/h3,5,7,9,16,18H,4,6,8,10H2,1-2H3,(H2,14,17). The zero-order chi connectivity index (χ0) is 13.4. The van der Waals surface area contributed by atoms with Crippen molar-refractivity contribution in [1.82, 2.24) is 10.3 Å². The highest BCUT2D eigenvalue weighted by Crippen LogP contribution is 2.21. The maximum Gasteiger partial charge on any atom is 0.144 e. The predicted octanol–water partition coefficient (Wildman–Crippen LogP) is 1.72. The fourth-order valence-electron chi connectivity index (χ4n) is 1.65. The number of nitrogens with one attached hydrogen (secondary N) is 1. The zero-order valence-electron chi connectivity index (χ0n) is 11.1. The topological polar surface area (TPSA) is 83.5 Å². The van der Waals surface area contributed by atoms with Gasteiger partial charge in [0.1, 0.15) is 5.84 Å². The van der Waals surface area contributed by atoms with Crippen molar-refractivity contribution in [2.45, 2.75) is 33.2 Å². The number of hydrogen-bond acceptors (Lipinski definition) is 4. The van der Waals surface area contributed by atoms with Crippen LogP contribution in [0, 0.1) is 5.41 Å². The Hall–Kier alpha value is -1.62. The van der Waals surface area contributed by atoms with E-state index in [2.05, 4.69) is 15.5 Å². The minimum Gasteiger partial charge on any atom is -0.409 e. The SMILES string of the molecule is CC(C)(CCCNCc1cccnc1)C(N)=NO. The van der Waals surface area contributed by atoms with Crippen LogP contribution in [0.2, 0.25) is 0 Å². The van der Waals surface area contributed by atoms with Crippen molar-refractivity contribution in [3.63, 3.8) is 0 Å². The molecule has 5 nitrogen and oxygen atoms in total. The van der Waals surface area contributed by atoms with Gasteiger partial charge in [-0.3, -0.25) is 4.98 Å². The van der Waals surface area contributed by atoms with Crippen LogP contribution in [-0.2, 0) is 6.54 Å². The Morgan fingerprint density at radius 1 is 1.56 bits per heavy atom. The lowest BCUT2D eigenvalue weighted by atomic mass is 9.86. The molecule has 0 aliphatic carbocycles. The second-order valence-electron chi connectivity index (χ2n) is 5.01. The number of oxime groups is 1. The molecule has 1 aromatic heterocycles. The summed E-state index contributed by atoms with van der Waals surface area (Å²) in [6.07, 6.45) is 5.47. The van der Waals surface area contributed by atoms with Gasteiger partial charge in [0.15, 0.2) is 0 Å². The van der Waals surface area contributed by atoms with Crippen molar-refractivity contribution in [1.29, 1.82) is 0 Å². The minimum atomic E-state index is -0.259. The molecule has 0 unspecified atom stereocenters. The van der Waals surface area contributed by atoms with Crippen LogP contribution in [0.3, 0.4) is 0 Å². The van der Waals surface area contributed by atoms with Crippen molar-refractivity contribution < 1.29 is 5.21 Å². The van der Waals surface area contributed by atoms with Crippen LogP contribution < -0.4 is 11.1 Å². The number of amidine groups is 1. The summed E-state index contributed by atoms with van der Waals surface area (Å²) in [6.45, 7) is 5.67. The van der Waals surface area contributed by atoms with Crippen LogP contribution in [0.15, 0.2) is 29.7 Å². The van der Waals surface area contributed by atoms with E-state index in [1.165, 1.54) is 5.56 Å². The second-order valence-corrected chi connectivity index (χ2v) is 5.01. The highest BCUT2D eigenvalue weighted by molar-refractivity contribution is 5.85. The molecule has 0 atom stereocenters. The largest absolute Gasteiger partial charge is 0.409 e. The van der Waals surface area contributed by atoms with Gasteiger partial charge in [-0.15, -0.1) is 0 Å². The van der Waals surface area contributed by atoms with Gasteiger partial charge in [0, 0.05) is 24.4 Å². The van der Waals surface area contributed by atoms with Crippen molar-refractivity contribution in [2.75, 3.05) is 6.54 Å². The molecular formula is C13H22N4O. The Balaban J connectivity index is 2.20. The maximum atomic E-state index is 8.66. The average Bonchev–Trinajstić information content (AvgIpc) is 2.38. The smallest absolute Gasteiger partial charge is 0.144 e. The summed E-state index contributed by atoms with van der Waals surface area (Å²) in [6, 6.07) is 3.97. The van der Waals surface area contributed by atoms with Gasteiger partial charge in [0.05, 0.1) is 0 Å². The van der Waals surface area contributed by atoms with Gasteiger partial charge in [-0.25, -0.2) is 0 Å². The normalized spacial score (nSPS) is 12.7. The molecule has 100 valence electrons. The van der Waals surface area contributed by atoms with Crippen LogP contribution in [0.1, 0.15) is 32.3 Å². The molecular weight excluding hydrogens is 228 g/mol. The molecule has 0 amide bonds. The van der Waals surface area contributed by atoms with Gasteiger partial charge in [-0.2, -0.15) is 0 Å². The molecule has 18 heavy (non-hydrogen) atoms. The van der Waals surface area contributed by atoms with E-state index in [0.717, 1.165) is 25.9 Å². The Labute approximate surface area is 108 Å². The molecule has 0 saturated heterocycles. The fourth-order valence-corrected chi connectivity index (χ4v) is 1.65. The lowest BCUT2D eigenvalue weighted by Crippen LogP contribution is -2.32. The molecule has 1 heterocycles. The van der Waals surface area contributed by atoms with Gasteiger partial charge < -0.3 is 16.3 Å². The Bertz CT molecular complexity index is 376. The van der Waals surface area contributed by atoms with Gasteiger partial charge in [0.25, 0.3) is 0 Å². The van der Waals surface area contributed by atoms with E-state index in [9.17, 15) is 0 Å². The minimum absolute atomic E-state index is 0.259. The van der Waals surface area contributed by atoms with E-state index in [0.29, 0.717) is 0 Å². The highest BCUT2D eigenvalue weighted by atomic mass is 16.4. The summed E-state index contributed by atoms with van der Waals surface area (Å²) in [5.74, 6) is 0.287. The molecule has 0 radical (unpaired) electrons. The molecule has 0 spiro atoms. The predicted molar refractivity (Wildman–Crippen MR) is 72.4 cm³/mol. The number of rotatable bonds is 7. The van der Waals surface area contributed by atoms with Crippen molar-refractivity contribution in [3.8, 4) is 0 Å². The molecule has 4 N–H and O–H groups in total. The first-order valence-electron chi connectivity index (χ1n) is 6.14.